The molecule has 0 aliphatic heterocycles. The molecule has 1 aliphatic rings. The van der Waals surface area contributed by atoms with E-state index in [1.807, 2.05) is 6.92 Å². The van der Waals surface area contributed by atoms with Crippen molar-refractivity contribution in [2.24, 2.45) is 5.92 Å². The molecular weight excluding hydrogens is 411 g/mol. The first-order chi connectivity index (χ1) is 11.2. The number of nitrogens with one attached hydrogen (secondary N) is 1. The Morgan fingerprint density at radius 2 is 1.67 bits per heavy atom. The fraction of sp³-hybridized carbons (Fsp3) is 0.235. The second kappa shape index (κ2) is 6.59. The molecule has 0 aromatic heterocycles. The van der Waals surface area contributed by atoms with Crippen LogP contribution in [0.4, 0.5) is 5.69 Å². The van der Waals surface area contributed by atoms with Crippen LogP contribution in [-0.2, 0) is 4.79 Å². The summed E-state index contributed by atoms with van der Waals surface area (Å²) in [5.41, 5.74) is 2.25. The van der Waals surface area contributed by atoms with Crippen LogP contribution in [-0.4, -0.2) is 10.2 Å². The summed E-state index contributed by atoms with van der Waals surface area (Å²) in [4.78, 5) is 12.6. The minimum absolute atomic E-state index is 0.261. The predicted molar refractivity (Wildman–Crippen MR) is 102 cm³/mol. The standard InChI is InChI=1S/C17H12Cl5NO/c1-8-4-12(2-3-13(8)20)23-16(24)15-14(17(15,21)22)9-5-10(18)7-11(19)6-9/h2-7,14-15H,1H3,(H,23,24). The van der Waals surface area contributed by atoms with E-state index in [1.165, 1.54) is 0 Å². The molecular formula is C17H12Cl5NO. The minimum atomic E-state index is -1.19. The third-order valence-electron chi connectivity index (χ3n) is 4.01. The zero-order valence-electron chi connectivity index (χ0n) is 12.4. The van der Waals surface area contributed by atoms with Gasteiger partial charge in [0.25, 0.3) is 0 Å². The normalized spacial score (nSPS) is 21.4. The smallest absolute Gasteiger partial charge is 0.231 e. The van der Waals surface area contributed by atoms with Gasteiger partial charge < -0.3 is 5.32 Å². The molecule has 1 fully saturated rings. The average molecular weight is 424 g/mol. The zero-order valence-corrected chi connectivity index (χ0v) is 16.2. The fourth-order valence-corrected chi connectivity index (χ4v) is 4.25. The molecule has 2 atom stereocenters. The maximum atomic E-state index is 12.6. The van der Waals surface area contributed by atoms with Crippen LogP contribution in [0.5, 0.6) is 0 Å². The number of aryl methyl sites for hydroxylation is 1. The van der Waals surface area contributed by atoms with E-state index in [1.54, 1.807) is 36.4 Å². The quantitative estimate of drug-likeness (QED) is 0.562. The Kier molecular flexibility index (Phi) is 4.98. The molecule has 2 aromatic rings. The molecule has 24 heavy (non-hydrogen) atoms. The molecule has 0 radical (unpaired) electrons. The van der Waals surface area contributed by atoms with Gasteiger partial charge in [0.15, 0.2) is 0 Å². The number of hydrogen-bond acceptors (Lipinski definition) is 1. The van der Waals surface area contributed by atoms with Crippen LogP contribution in [0.25, 0.3) is 0 Å². The molecule has 126 valence electrons. The minimum Gasteiger partial charge on any atom is -0.326 e. The van der Waals surface area contributed by atoms with Crippen molar-refractivity contribution in [3.63, 3.8) is 0 Å². The average Bonchev–Trinajstić information content (AvgIpc) is 3.05. The first-order valence-electron chi connectivity index (χ1n) is 7.11. The Labute approximate surface area is 165 Å². The zero-order chi connectivity index (χ0) is 17.6. The van der Waals surface area contributed by atoms with Crippen molar-refractivity contribution in [3.8, 4) is 0 Å². The van der Waals surface area contributed by atoms with Gasteiger partial charge in [-0.2, -0.15) is 0 Å². The summed E-state index contributed by atoms with van der Waals surface area (Å²) in [6.45, 7) is 1.86. The molecule has 2 unspecified atom stereocenters. The topological polar surface area (TPSA) is 29.1 Å². The van der Waals surface area contributed by atoms with Gasteiger partial charge in [0, 0.05) is 26.7 Å². The number of anilines is 1. The molecule has 3 rings (SSSR count). The Morgan fingerprint density at radius 1 is 1.04 bits per heavy atom. The Hall–Kier alpha value is -0.640. The second-order valence-electron chi connectivity index (χ2n) is 5.79. The van der Waals surface area contributed by atoms with E-state index in [4.69, 9.17) is 58.0 Å². The van der Waals surface area contributed by atoms with Gasteiger partial charge in [-0.3, -0.25) is 4.79 Å². The third-order valence-corrected chi connectivity index (χ3v) is 5.81. The van der Waals surface area contributed by atoms with Gasteiger partial charge in [-0.25, -0.2) is 0 Å². The molecule has 0 saturated heterocycles. The fourth-order valence-electron chi connectivity index (χ4n) is 2.76. The van der Waals surface area contributed by atoms with E-state index >= 15 is 0 Å². The van der Waals surface area contributed by atoms with Gasteiger partial charge >= 0.3 is 0 Å². The van der Waals surface area contributed by atoms with Crippen molar-refractivity contribution in [3.05, 3.63) is 62.6 Å². The second-order valence-corrected chi connectivity index (χ2v) is 8.51. The van der Waals surface area contributed by atoms with Crippen LogP contribution in [0.2, 0.25) is 15.1 Å². The summed E-state index contributed by atoms with van der Waals surface area (Å²) in [6.07, 6.45) is 0. The summed E-state index contributed by atoms with van der Waals surface area (Å²) in [6, 6.07) is 10.3. The highest BCUT2D eigenvalue weighted by Crippen LogP contribution is 2.65. The highest BCUT2D eigenvalue weighted by molar-refractivity contribution is 6.53. The summed E-state index contributed by atoms with van der Waals surface area (Å²) >= 11 is 30.7. The van der Waals surface area contributed by atoms with Crippen LogP contribution in [0.1, 0.15) is 17.0 Å². The molecule has 1 N–H and O–H groups in total. The number of benzene rings is 2. The molecule has 1 amide bonds. The van der Waals surface area contributed by atoms with Crippen molar-refractivity contribution >= 4 is 69.6 Å². The molecule has 1 saturated carbocycles. The molecule has 2 aromatic carbocycles. The van der Waals surface area contributed by atoms with E-state index in [0.717, 1.165) is 11.1 Å². The van der Waals surface area contributed by atoms with Gasteiger partial charge in [-0.1, -0.05) is 34.8 Å². The van der Waals surface area contributed by atoms with Crippen molar-refractivity contribution in [2.45, 2.75) is 17.2 Å². The molecule has 2 nitrogen and oxygen atoms in total. The molecule has 1 aliphatic carbocycles. The monoisotopic (exact) mass is 421 g/mol. The summed E-state index contributed by atoms with van der Waals surface area (Å²) in [5.74, 6) is -1.22. The van der Waals surface area contributed by atoms with E-state index in [2.05, 4.69) is 5.32 Å². The van der Waals surface area contributed by atoms with Crippen molar-refractivity contribution in [1.29, 1.82) is 0 Å². The maximum Gasteiger partial charge on any atom is 0.231 e. The predicted octanol–water partition coefficient (Wildman–Crippen LogP) is 6.48. The van der Waals surface area contributed by atoms with Gasteiger partial charge in [0.2, 0.25) is 5.91 Å². The van der Waals surface area contributed by atoms with Crippen LogP contribution in [0.3, 0.4) is 0 Å². The summed E-state index contributed by atoms with van der Waals surface area (Å²) in [5, 5.41) is 4.40. The Morgan fingerprint density at radius 3 is 2.25 bits per heavy atom. The summed E-state index contributed by atoms with van der Waals surface area (Å²) < 4.78 is -1.19. The highest BCUT2D eigenvalue weighted by Gasteiger charge is 2.67. The largest absolute Gasteiger partial charge is 0.326 e. The lowest BCUT2D eigenvalue weighted by Gasteiger charge is -2.07. The third kappa shape index (κ3) is 3.49. The summed E-state index contributed by atoms with van der Waals surface area (Å²) in [7, 11) is 0. The molecule has 0 bridgehead atoms. The SMILES string of the molecule is Cc1cc(NC(=O)C2C(c3cc(Cl)cc(Cl)c3)C2(Cl)Cl)ccc1Cl. The number of carbonyl (C=O) groups is 1. The van der Waals surface area contributed by atoms with Gasteiger partial charge in [-0.05, 0) is 54.4 Å². The molecule has 7 heteroatoms. The van der Waals surface area contributed by atoms with Crippen molar-refractivity contribution < 1.29 is 4.79 Å². The number of halogens is 5. The lowest BCUT2D eigenvalue weighted by atomic mass is 10.1. The first kappa shape index (κ1) is 18.2. The number of carbonyl (C=O) groups excluding carboxylic acids is 1. The van der Waals surface area contributed by atoms with Gasteiger partial charge in [0.1, 0.15) is 4.33 Å². The van der Waals surface area contributed by atoms with Crippen LogP contribution in [0.15, 0.2) is 36.4 Å². The Balaban J connectivity index is 1.81. The lowest BCUT2D eigenvalue weighted by molar-refractivity contribution is -0.117. The van der Waals surface area contributed by atoms with Gasteiger partial charge in [-0.15, -0.1) is 23.2 Å². The van der Waals surface area contributed by atoms with Crippen LogP contribution >= 0.6 is 58.0 Å². The Bertz CT molecular complexity index is 800. The van der Waals surface area contributed by atoms with E-state index in [0.29, 0.717) is 20.8 Å². The highest BCUT2D eigenvalue weighted by atomic mass is 35.5. The number of rotatable bonds is 3. The van der Waals surface area contributed by atoms with Crippen LogP contribution < -0.4 is 5.32 Å². The molecule has 0 spiro atoms. The van der Waals surface area contributed by atoms with E-state index in [9.17, 15) is 4.79 Å². The van der Waals surface area contributed by atoms with E-state index < -0.39 is 10.3 Å². The van der Waals surface area contributed by atoms with E-state index in [-0.39, 0.29) is 11.8 Å². The van der Waals surface area contributed by atoms with Crippen molar-refractivity contribution in [1.82, 2.24) is 0 Å². The number of alkyl halides is 2. The van der Waals surface area contributed by atoms with Crippen LogP contribution in [0, 0.1) is 12.8 Å². The van der Waals surface area contributed by atoms with Gasteiger partial charge in [0.05, 0.1) is 5.92 Å². The molecule has 0 heterocycles. The maximum absolute atomic E-state index is 12.6. The first-order valence-corrected chi connectivity index (χ1v) is 9.00. The van der Waals surface area contributed by atoms with Crippen molar-refractivity contribution in [2.75, 3.05) is 5.32 Å². The number of amides is 1. The lowest BCUT2D eigenvalue weighted by Crippen LogP contribution is -2.17. The number of hydrogen-bond donors (Lipinski definition) is 1.